The minimum absolute atomic E-state index is 0. The van der Waals surface area contributed by atoms with E-state index in [1.54, 1.807) is 12.1 Å². The molecule has 2 aromatic rings. The Labute approximate surface area is 124 Å². The number of nitrogens with one attached hydrogen (secondary N) is 1. The Hall–Kier alpha value is -1.35. The molecule has 1 heterocycles. The second-order valence-corrected chi connectivity index (χ2v) is 4.25. The van der Waals surface area contributed by atoms with Gasteiger partial charge in [-0.25, -0.2) is 5.10 Å². The van der Waals surface area contributed by atoms with Crippen molar-refractivity contribution < 1.29 is 5.11 Å². The van der Waals surface area contributed by atoms with E-state index in [1.165, 1.54) is 0 Å². The van der Waals surface area contributed by atoms with Gasteiger partial charge in [-0.1, -0.05) is 25.8 Å². The summed E-state index contributed by atoms with van der Waals surface area (Å²) < 4.78 is 0. The van der Waals surface area contributed by atoms with Crippen molar-refractivity contribution in [2.45, 2.75) is 32.3 Å². The van der Waals surface area contributed by atoms with Gasteiger partial charge in [-0.15, -0.1) is 5.10 Å². The van der Waals surface area contributed by atoms with E-state index in [2.05, 4.69) is 27.5 Å². The number of nitrogens with two attached hydrogens (primary N) is 1. The fourth-order valence-corrected chi connectivity index (χ4v) is 1.90. The van der Waals surface area contributed by atoms with Crippen LogP contribution in [-0.2, 0) is 0 Å². The van der Waals surface area contributed by atoms with Crippen molar-refractivity contribution >= 4 is 24.5 Å². The fourth-order valence-electron chi connectivity index (χ4n) is 1.90. The molecule has 1 atom stereocenters. The summed E-state index contributed by atoms with van der Waals surface area (Å²) in [6.45, 7) is 2.09. The van der Waals surface area contributed by atoms with Crippen LogP contribution in [0.5, 0.6) is 0 Å². The van der Waals surface area contributed by atoms with Crippen molar-refractivity contribution in [3.05, 3.63) is 23.8 Å². The number of unbranched alkanes of at least 4 members (excludes halogenated alkanes) is 1. The summed E-state index contributed by atoms with van der Waals surface area (Å²) in [5.74, 6) is 0.521. The normalized spacial score (nSPS) is 11.9. The summed E-state index contributed by atoms with van der Waals surface area (Å²) in [5.41, 5.74) is 7.94. The van der Waals surface area contributed by atoms with E-state index in [9.17, 15) is 5.11 Å². The number of hydrogen-bond acceptors (Lipinski definition) is 5. The van der Waals surface area contributed by atoms with E-state index >= 15 is 0 Å². The molecule has 0 amide bonds. The van der Waals surface area contributed by atoms with E-state index < -0.39 is 6.10 Å². The molecule has 2 rings (SSSR count). The zero-order chi connectivity index (χ0) is 13.0. The third-order valence-corrected chi connectivity index (χ3v) is 2.87. The van der Waals surface area contributed by atoms with Crippen molar-refractivity contribution in [3.63, 3.8) is 0 Å². The molecule has 0 saturated carbocycles. The Kier molecular flexibility index (Phi) is 6.02. The molecule has 1 radical (unpaired) electrons. The van der Waals surface area contributed by atoms with E-state index in [1.807, 2.05) is 6.07 Å². The number of aromatic nitrogens is 4. The number of aliphatic hydroxyl groups excluding tert-OH is 1. The Morgan fingerprint density at radius 3 is 2.84 bits per heavy atom. The number of anilines is 1. The first-order valence-electron chi connectivity index (χ1n) is 6.04. The molecule has 97 valence electrons. The van der Waals surface area contributed by atoms with E-state index in [-0.39, 0.29) is 18.9 Å². The Morgan fingerprint density at radius 2 is 2.21 bits per heavy atom. The maximum absolute atomic E-state index is 10.2. The molecular formula is C12H17LiN5O. The van der Waals surface area contributed by atoms with Crippen LogP contribution in [0.2, 0.25) is 0 Å². The minimum atomic E-state index is -0.523. The molecule has 7 heteroatoms. The molecule has 0 aliphatic carbocycles. The molecule has 0 aliphatic rings. The third-order valence-electron chi connectivity index (χ3n) is 2.87. The van der Waals surface area contributed by atoms with Gasteiger partial charge in [0.15, 0.2) is 5.82 Å². The average molecular weight is 254 g/mol. The summed E-state index contributed by atoms with van der Waals surface area (Å²) in [6, 6.07) is 5.37. The smallest absolute Gasteiger partial charge is 0.179 e. The summed E-state index contributed by atoms with van der Waals surface area (Å²) >= 11 is 0. The van der Waals surface area contributed by atoms with E-state index in [0.29, 0.717) is 11.5 Å². The first kappa shape index (κ1) is 15.7. The van der Waals surface area contributed by atoms with Gasteiger partial charge >= 0.3 is 0 Å². The van der Waals surface area contributed by atoms with E-state index in [4.69, 9.17) is 5.73 Å². The molecule has 19 heavy (non-hydrogen) atoms. The van der Waals surface area contributed by atoms with E-state index in [0.717, 1.165) is 30.4 Å². The largest absolute Gasteiger partial charge is 0.399 e. The monoisotopic (exact) mass is 254 g/mol. The number of tetrazole rings is 1. The van der Waals surface area contributed by atoms with Crippen LogP contribution in [-0.4, -0.2) is 44.6 Å². The number of rotatable bonds is 5. The topological polar surface area (TPSA) is 101 Å². The number of benzene rings is 1. The fraction of sp³-hybridized carbons (Fsp3) is 0.417. The quantitative estimate of drug-likeness (QED) is 0.551. The van der Waals surface area contributed by atoms with Crippen LogP contribution in [0.1, 0.15) is 37.9 Å². The van der Waals surface area contributed by atoms with Crippen molar-refractivity contribution in [2.24, 2.45) is 0 Å². The van der Waals surface area contributed by atoms with Gasteiger partial charge in [0.25, 0.3) is 0 Å². The van der Waals surface area contributed by atoms with Crippen LogP contribution >= 0.6 is 0 Å². The van der Waals surface area contributed by atoms with Crippen molar-refractivity contribution in [1.82, 2.24) is 20.6 Å². The van der Waals surface area contributed by atoms with Gasteiger partial charge in [-0.3, -0.25) is 0 Å². The SMILES string of the molecule is CCCCC(O)c1ccc(N)cc1-c1nnn[nH]1.[Li]. The third kappa shape index (κ3) is 3.80. The summed E-state index contributed by atoms with van der Waals surface area (Å²) in [4.78, 5) is 0. The van der Waals surface area contributed by atoms with Crippen LogP contribution in [0.25, 0.3) is 11.4 Å². The Morgan fingerprint density at radius 1 is 1.42 bits per heavy atom. The maximum Gasteiger partial charge on any atom is 0.179 e. The Balaban J connectivity index is 0.00000180. The summed E-state index contributed by atoms with van der Waals surface area (Å²) in [6.07, 6.45) is 2.21. The summed E-state index contributed by atoms with van der Waals surface area (Å²) in [5, 5.41) is 23.9. The Bertz CT molecular complexity index is 503. The molecule has 6 nitrogen and oxygen atoms in total. The zero-order valence-corrected chi connectivity index (χ0v) is 11.3. The second kappa shape index (κ2) is 7.29. The number of nitrogens with zero attached hydrogens (tertiary/aromatic N) is 3. The molecule has 0 aliphatic heterocycles. The van der Waals surface area contributed by atoms with Crippen LogP contribution in [0.15, 0.2) is 18.2 Å². The molecule has 0 spiro atoms. The predicted octanol–water partition coefficient (Wildman–Crippen LogP) is 1.29. The van der Waals surface area contributed by atoms with Crippen LogP contribution in [0.3, 0.4) is 0 Å². The standard InChI is InChI=1S/C12H17N5O.Li/c1-2-3-4-11(18)9-6-5-8(13)7-10(9)12-14-16-17-15-12;/h5-7,11,18H,2-4,13H2,1H3,(H,14,15,16,17);. The maximum atomic E-state index is 10.2. The summed E-state index contributed by atoms with van der Waals surface area (Å²) in [7, 11) is 0. The molecular weight excluding hydrogens is 237 g/mol. The predicted molar refractivity (Wildman–Crippen MR) is 74.3 cm³/mol. The van der Waals surface area contributed by atoms with Crippen molar-refractivity contribution in [2.75, 3.05) is 5.73 Å². The van der Waals surface area contributed by atoms with Gasteiger partial charge in [0, 0.05) is 30.1 Å². The van der Waals surface area contributed by atoms with Crippen LogP contribution in [0, 0.1) is 0 Å². The molecule has 1 unspecified atom stereocenters. The first-order valence-corrected chi connectivity index (χ1v) is 6.04. The number of aromatic amines is 1. The van der Waals surface area contributed by atoms with Gasteiger partial charge in [-0.05, 0) is 34.5 Å². The number of nitrogen functional groups attached to an aromatic ring is 1. The average Bonchev–Trinajstić information content (AvgIpc) is 2.89. The molecule has 0 bridgehead atoms. The van der Waals surface area contributed by atoms with Gasteiger partial charge in [0.2, 0.25) is 0 Å². The van der Waals surface area contributed by atoms with Crippen LogP contribution in [0.4, 0.5) is 5.69 Å². The number of aliphatic hydroxyl groups is 1. The first-order chi connectivity index (χ1) is 8.72. The van der Waals surface area contributed by atoms with Gasteiger partial charge in [-0.2, -0.15) is 0 Å². The molecule has 1 aromatic carbocycles. The molecule has 4 N–H and O–H groups in total. The minimum Gasteiger partial charge on any atom is -0.399 e. The van der Waals surface area contributed by atoms with Gasteiger partial charge in [0.05, 0.1) is 6.10 Å². The number of hydrogen-bond donors (Lipinski definition) is 3. The molecule has 1 aromatic heterocycles. The molecule has 0 saturated heterocycles. The van der Waals surface area contributed by atoms with Crippen LogP contribution < -0.4 is 5.73 Å². The second-order valence-electron chi connectivity index (χ2n) is 4.25. The van der Waals surface area contributed by atoms with Crippen molar-refractivity contribution in [1.29, 1.82) is 0 Å². The number of H-pyrrole nitrogens is 1. The zero-order valence-electron chi connectivity index (χ0n) is 11.3. The van der Waals surface area contributed by atoms with Gasteiger partial charge in [0.1, 0.15) is 0 Å². The van der Waals surface area contributed by atoms with Gasteiger partial charge < -0.3 is 10.8 Å². The van der Waals surface area contributed by atoms with Crippen molar-refractivity contribution in [3.8, 4) is 11.4 Å². The molecule has 0 fully saturated rings.